The van der Waals surface area contributed by atoms with Crippen molar-refractivity contribution < 1.29 is 9.47 Å². The molecule has 0 bridgehead atoms. The first-order valence-corrected chi connectivity index (χ1v) is 8.32. The van der Waals surface area contributed by atoms with Crippen LogP contribution in [0.25, 0.3) is 0 Å². The molecule has 0 saturated carbocycles. The van der Waals surface area contributed by atoms with Crippen molar-refractivity contribution in [2.24, 2.45) is 0 Å². The van der Waals surface area contributed by atoms with Crippen LogP contribution in [0.2, 0.25) is 10.0 Å². The Kier molecular flexibility index (Phi) is 6.72. The van der Waals surface area contributed by atoms with Gasteiger partial charge in [-0.2, -0.15) is 0 Å². The zero-order chi connectivity index (χ0) is 16.1. The highest BCUT2D eigenvalue weighted by Gasteiger charge is 2.11. The second-order valence-corrected chi connectivity index (χ2v) is 6.79. The zero-order valence-electron chi connectivity index (χ0n) is 11.0. The average Bonchev–Trinajstić information content (AvgIpc) is 2.41. The molecule has 116 valence electrons. The monoisotopic (exact) mass is 440 g/mol. The van der Waals surface area contributed by atoms with Gasteiger partial charge in [-0.25, -0.2) is 0 Å². The molecular weight excluding hydrogens is 434 g/mol. The predicted octanol–water partition coefficient (Wildman–Crippen LogP) is 7.25. The van der Waals surface area contributed by atoms with Gasteiger partial charge in [0.05, 0.1) is 9.50 Å². The molecule has 0 aliphatic rings. The third-order valence-corrected chi connectivity index (χ3v) is 3.88. The van der Waals surface area contributed by atoms with Crippen LogP contribution in [-0.2, 0) is 0 Å². The van der Waals surface area contributed by atoms with Crippen LogP contribution in [0.4, 0.5) is 0 Å². The standard InChI is InChI=1S/C15H9BrCl4O2/c16-12-7-11(22-10-3-1-2-9(17)6-10)8-13(18)15(12)21-5-4-14(19)20/h1-4,6-8H,5H2. The minimum absolute atomic E-state index is 0.133. The van der Waals surface area contributed by atoms with E-state index in [0.717, 1.165) is 0 Å². The van der Waals surface area contributed by atoms with Crippen LogP contribution in [0, 0.1) is 0 Å². The Morgan fingerprint density at radius 3 is 2.50 bits per heavy atom. The fraction of sp³-hybridized carbons (Fsp3) is 0.0667. The molecule has 0 spiro atoms. The van der Waals surface area contributed by atoms with Gasteiger partial charge in [-0.05, 0) is 46.3 Å². The van der Waals surface area contributed by atoms with Crippen molar-refractivity contribution in [1.29, 1.82) is 0 Å². The Hall–Kier alpha value is -0.580. The molecule has 0 heterocycles. The van der Waals surface area contributed by atoms with E-state index < -0.39 is 0 Å². The van der Waals surface area contributed by atoms with Crippen LogP contribution < -0.4 is 9.47 Å². The molecule has 22 heavy (non-hydrogen) atoms. The third kappa shape index (κ3) is 5.25. The third-order valence-electron chi connectivity index (χ3n) is 2.47. The Morgan fingerprint density at radius 1 is 1.09 bits per heavy atom. The fourth-order valence-electron chi connectivity index (χ4n) is 1.59. The van der Waals surface area contributed by atoms with Crippen LogP contribution in [0.3, 0.4) is 0 Å². The van der Waals surface area contributed by atoms with Crippen LogP contribution in [0.15, 0.2) is 51.4 Å². The normalized spacial score (nSPS) is 10.2. The molecule has 2 aromatic rings. The maximum absolute atomic E-state index is 6.20. The van der Waals surface area contributed by atoms with E-state index in [1.807, 2.05) is 0 Å². The number of hydrogen-bond acceptors (Lipinski definition) is 2. The Labute approximate surface area is 156 Å². The topological polar surface area (TPSA) is 18.5 Å². The first kappa shape index (κ1) is 17.8. The number of rotatable bonds is 5. The second-order valence-electron chi connectivity index (χ2n) is 4.08. The molecule has 2 nitrogen and oxygen atoms in total. The molecule has 0 aliphatic carbocycles. The lowest BCUT2D eigenvalue weighted by molar-refractivity contribution is 0.360. The van der Waals surface area contributed by atoms with Crippen molar-refractivity contribution in [3.05, 3.63) is 61.5 Å². The Balaban J connectivity index is 2.17. The van der Waals surface area contributed by atoms with E-state index in [4.69, 9.17) is 55.9 Å². The SMILES string of the molecule is ClC(Cl)=CCOc1c(Cl)cc(Oc2cccc(Cl)c2)cc1Br. The first-order valence-electron chi connectivity index (χ1n) is 6.02. The Morgan fingerprint density at radius 2 is 1.86 bits per heavy atom. The van der Waals surface area contributed by atoms with E-state index in [-0.39, 0.29) is 11.1 Å². The summed E-state index contributed by atoms with van der Waals surface area (Å²) in [6.45, 7) is 0.204. The summed E-state index contributed by atoms with van der Waals surface area (Å²) in [4.78, 5) is 0. The fourth-order valence-corrected chi connectivity index (χ4v) is 2.83. The molecular formula is C15H9BrCl4O2. The van der Waals surface area contributed by atoms with Gasteiger partial charge in [0, 0.05) is 11.1 Å². The number of benzene rings is 2. The van der Waals surface area contributed by atoms with Gasteiger partial charge >= 0.3 is 0 Å². The lowest BCUT2D eigenvalue weighted by Gasteiger charge is -2.12. The molecule has 0 fully saturated rings. The minimum Gasteiger partial charge on any atom is -0.487 e. The van der Waals surface area contributed by atoms with Crippen molar-refractivity contribution >= 4 is 62.3 Å². The summed E-state index contributed by atoms with van der Waals surface area (Å²) in [7, 11) is 0. The van der Waals surface area contributed by atoms with Gasteiger partial charge < -0.3 is 9.47 Å². The van der Waals surface area contributed by atoms with Crippen LogP contribution in [0.1, 0.15) is 0 Å². The van der Waals surface area contributed by atoms with E-state index in [1.165, 1.54) is 6.08 Å². The van der Waals surface area contributed by atoms with E-state index in [9.17, 15) is 0 Å². The van der Waals surface area contributed by atoms with Crippen molar-refractivity contribution in [3.8, 4) is 17.2 Å². The predicted molar refractivity (Wildman–Crippen MR) is 96.0 cm³/mol. The van der Waals surface area contributed by atoms with E-state index in [0.29, 0.717) is 31.8 Å². The summed E-state index contributed by atoms with van der Waals surface area (Å²) in [6, 6.07) is 10.5. The van der Waals surface area contributed by atoms with Crippen molar-refractivity contribution in [3.63, 3.8) is 0 Å². The molecule has 0 radical (unpaired) electrons. The molecule has 0 saturated heterocycles. The second kappa shape index (κ2) is 8.32. The summed E-state index contributed by atoms with van der Waals surface area (Å²) >= 11 is 26.6. The maximum atomic E-state index is 6.20. The molecule has 0 aliphatic heterocycles. The number of halogens is 5. The molecule has 0 atom stereocenters. The largest absolute Gasteiger partial charge is 0.487 e. The number of hydrogen-bond donors (Lipinski definition) is 0. The van der Waals surface area contributed by atoms with Crippen LogP contribution in [-0.4, -0.2) is 6.61 Å². The average molecular weight is 443 g/mol. The van der Waals surface area contributed by atoms with Crippen molar-refractivity contribution in [2.75, 3.05) is 6.61 Å². The van der Waals surface area contributed by atoms with E-state index >= 15 is 0 Å². The zero-order valence-corrected chi connectivity index (χ0v) is 15.6. The van der Waals surface area contributed by atoms with Crippen molar-refractivity contribution in [2.45, 2.75) is 0 Å². The molecule has 2 aromatic carbocycles. The molecule has 0 amide bonds. The van der Waals surface area contributed by atoms with Gasteiger partial charge in [0.25, 0.3) is 0 Å². The molecule has 7 heteroatoms. The summed E-state index contributed by atoms with van der Waals surface area (Å²) in [5.41, 5.74) is 0. The summed E-state index contributed by atoms with van der Waals surface area (Å²) < 4.78 is 12.0. The highest BCUT2D eigenvalue weighted by Crippen LogP contribution is 2.38. The van der Waals surface area contributed by atoms with Gasteiger partial charge in [0.1, 0.15) is 22.6 Å². The lowest BCUT2D eigenvalue weighted by Crippen LogP contribution is -1.96. The highest BCUT2D eigenvalue weighted by atomic mass is 79.9. The summed E-state index contributed by atoms with van der Waals surface area (Å²) in [6.07, 6.45) is 1.52. The minimum atomic E-state index is 0.133. The van der Waals surface area contributed by atoms with Gasteiger partial charge in [0.2, 0.25) is 0 Å². The highest BCUT2D eigenvalue weighted by molar-refractivity contribution is 9.10. The summed E-state index contributed by atoms with van der Waals surface area (Å²) in [5.74, 6) is 1.64. The van der Waals surface area contributed by atoms with Crippen LogP contribution >= 0.6 is 62.3 Å². The molecule has 2 rings (SSSR count). The van der Waals surface area contributed by atoms with Gasteiger partial charge in [-0.15, -0.1) is 0 Å². The smallest absolute Gasteiger partial charge is 0.152 e. The van der Waals surface area contributed by atoms with Crippen molar-refractivity contribution in [1.82, 2.24) is 0 Å². The van der Waals surface area contributed by atoms with Gasteiger partial charge in [-0.3, -0.25) is 0 Å². The molecule has 0 aromatic heterocycles. The van der Waals surface area contributed by atoms with Crippen LogP contribution in [0.5, 0.6) is 17.2 Å². The van der Waals surface area contributed by atoms with Gasteiger partial charge in [0.15, 0.2) is 5.75 Å². The maximum Gasteiger partial charge on any atom is 0.152 e. The molecule has 0 N–H and O–H groups in total. The summed E-state index contributed by atoms with van der Waals surface area (Å²) in [5, 5.41) is 0.984. The quantitative estimate of drug-likeness (QED) is 0.485. The Bertz CT molecular complexity index is 677. The lowest BCUT2D eigenvalue weighted by atomic mass is 10.3. The van der Waals surface area contributed by atoms with Gasteiger partial charge in [-0.1, -0.05) is 52.5 Å². The number of ether oxygens (including phenoxy) is 2. The van der Waals surface area contributed by atoms with E-state index in [1.54, 1.807) is 36.4 Å². The molecule has 0 unspecified atom stereocenters. The van der Waals surface area contributed by atoms with E-state index in [2.05, 4.69) is 15.9 Å². The first-order chi connectivity index (χ1) is 10.5.